The van der Waals surface area contributed by atoms with Crippen molar-refractivity contribution in [3.05, 3.63) is 0 Å². The molecule has 11 heavy (non-hydrogen) atoms. The first-order valence-corrected chi connectivity index (χ1v) is 4.90. The van der Waals surface area contributed by atoms with E-state index in [1.807, 2.05) is 0 Å². The Morgan fingerprint density at radius 2 is 2.00 bits per heavy atom. The SMILES string of the molecule is CC(C)C1CCCC2(CC2)O1. The lowest BCUT2D eigenvalue weighted by molar-refractivity contribution is -0.0869. The zero-order chi connectivity index (χ0) is 7.90. The highest BCUT2D eigenvalue weighted by Gasteiger charge is 2.47. The van der Waals surface area contributed by atoms with E-state index in [1.54, 1.807) is 0 Å². The van der Waals surface area contributed by atoms with Crippen molar-refractivity contribution in [1.29, 1.82) is 0 Å². The lowest BCUT2D eigenvalue weighted by Crippen LogP contribution is -2.32. The average molecular weight is 154 g/mol. The molecule has 1 heterocycles. The third-order valence-electron chi connectivity index (χ3n) is 3.07. The molecular weight excluding hydrogens is 136 g/mol. The van der Waals surface area contributed by atoms with E-state index in [0.29, 0.717) is 17.6 Å². The fourth-order valence-corrected chi connectivity index (χ4v) is 2.04. The van der Waals surface area contributed by atoms with Gasteiger partial charge in [0.15, 0.2) is 0 Å². The molecule has 1 saturated carbocycles. The lowest BCUT2D eigenvalue weighted by atomic mass is 9.95. The molecule has 1 aliphatic carbocycles. The Hall–Kier alpha value is -0.0400. The third-order valence-corrected chi connectivity index (χ3v) is 3.07. The second-order valence-electron chi connectivity index (χ2n) is 4.48. The maximum atomic E-state index is 6.05. The van der Waals surface area contributed by atoms with Crippen LogP contribution in [0.2, 0.25) is 0 Å². The van der Waals surface area contributed by atoms with E-state index >= 15 is 0 Å². The van der Waals surface area contributed by atoms with Gasteiger partial charge in [-0.25, -0.2) is 0 Å². The van der Waals surface area contributed by atoms with Gasteiger partial charge in [0.05, 0.1) is 11.7 Å². The quantitative estimate of drug-likeness (QED) is 0.564. The van der Waals surface area contributed by atoms with Crippen molar-refractivity contribution in [2.75, 3.05) is 0 Å². The third kappa shape index (κ3) is 1.44. The van der Waals surface area contributed by atoms with Gasteiger partial charge in [-0.1, -0.05) is 13.8 Å². The Labute approximate surface area is 69.1 Å². The monoisotopic (exact) mass is 154 g/mol. The van der Waals surface area contributed by atoms with Crippen molar-refractivity contribution in [3.8, 4) is 0 Å². The van der Waals surface area contributed by atoms with E-state index in [0.717, 1.165) is 0 Å². The zero-order valence-electron chi connectivity index (χ0n) is 7.60. The minimum atomic E-state index is 0.382. The van der Waals surface area contributed by atoms with Crippen LogP contribution in [0.25, 0.3) is 0 Å². The average Bonchev–Trinajstić information content (AvgIpc) is 2.69. The molecule has 2 aliphatic rings. The van der Waals surface area contributed by atoms with E-state index in [1.165, 1.54) is 32.1 Å². The predicted octanol–water partition coefficient (Wildman–Crippen LogP) is 2.74. The summed E-state index contributed by atoms with van der Waals surface area (Å²) in [5.41, 5.74) is 0.382. The van der Waals surface area contributed by atoms with Crippen molar-refractivity contribution in [2.45, 2.75) is 57.7 Å². The summed E-state index contributed by atoms with van der Waals surface area (Å²) in [5.74, 6) is 0.716. The maximum absolute atomic E-state index is 6.05. The number of hydrogen-bond donors (Lipinski definition) is 0. The fraction of sp³-hybridized carbons (Fsp3) is 1.00. The standard InChI is InChI=1S/C10H18O/c1-8(2)9-4-3-5-10(11-9)6-7-10/h8-9H,3-7H2,1-2H3. The normalized spacial score (nSPS) is 34.6. The van der Waals surface area contributed by atoms with Crippen molar-refractivity contribution in [2.24, 2.45) is 5.92 Å². The van der Waals surface area contributed by atoms with Crippen LogP contribution >= 0.6 is 0 Å². The number of rotatable bonds is 1. The fourth-order valence-electron chi connectivity index (χ4n) is 2.04. The van der Waals surface area contributed by atoms with Gasteiger partial charge in [-0.05, 0) is 38.0 Å². The van der Waals surface area contributed by atoms with Crippen LogP contribution in [0.1, 0.15) is 46.0 Å². The van der Waals surface area contributed by atoms with Crippen LogP contribution in [-0.4, -0.2) is 11.7 Å². The first-order valence-electron chi connectivity index (χ1n) is 4.90. The second kappa shape index (κ2) is 2.48. The van der Waals surface area contributed by atoms with Gasteiger partial charge in [0, 0.05) is 0 Å². The minimum Gasteiger partial charge on any atom is -0.372 e. The van der Waals surface area contributed by atoms with Gasteiger partial charge in [-0.2, -0.15) is 0 Å². The van der Waals surface area contributed by atoms with E-state index in [4.69, 9.17) is 4.74 Å². The van der Waals surface area contributed by atoms with Crippen LogP contribution in [0.5, 0.6) is 0 Å². The van der Waals surface area contributed by atoms with Crippen LogP contribution in [0, 0.1) is 5.92 Å². The molecule has 1 saturated heterocycles. The van der Waals surface area contributed by atoms with Gasteiger partial charge in [0.25, 0.3) is 0 Å². The molecule has 0 bridgehead atoms. The molecule has 0 N–H and O–H groups in total. The van der Waals surface area contributed by atoms with Crippen molar-refractivity contribution in [3.63, 3.8) is 0 Å². The second-order valence-corrected chi connectivity index (χ2v) is 4.48. The summed E-state index contributed by atoms with van der Waals surface area (Å²) in [6.07, 6.45) is 7.23. The maximum Gasteiger partial charge on any atom is 0.0688 e. The summed E-state index contributed by atoms with van der Waals surface area (Å²) in [6, 6.07) is 0. The molecule has 64 valence electrons. The van der Waals surface area contributed by atoms with E-state index in [2.05, 4.69) is 13.8 Å². The molecule has 0 aromatic heterocycles. The minimum absolute atomic E-state index is 0.382. The Morgan fingerprint density at radius 1 is 1.27 bits per heavy atom. The van der Waals surface area contributed by atoms with Gasteiger partial charge in [-0.3, -0.25) is 0 Å². The summed E-state index contributed by atoms with van der Waals surface area (Å²) >= 11 is 0. The van der Waals surface area contributed by atoms with E-state index in [9.17, 15) is 0 Å². The molecule has 0 aromatic carbocycles. The van der Waals surface area contributed by atoms with Crippen LogP contribution in [0.4, 0.5) is 0 Å². The molecule has 1 unspecified atom stereocenters. The molecule has 2 fully saturated rings. The van der Waals surface area contributed by atoms with Crippen LogP contribution in [0.3, 0.4) is 0 Å². The Kier molecular flexibility index (Phi) is 1.71. The van der Waals surface area contributed by atoms with Gasteiger partial charge >= 0.3 is 0 Å². The van der Waals surface area contributed by atoms with Crippen molar-refractivity contribution < 1.29 is 4.74 Å². The van der Waals surface area contributed by atoms with E-state index in [-0.39, 0.29) is 0 Å². The highest BCUT2D eigenvalue weighted by atomic mass is 16.5. The topological polar surface area (TPSA) is 9.23 Å². The molecule has 1 spiro atoms. The molecule has 0 aromatic rings. The van der Waals surface area contributed by atoms with Crippen LogP contribution in [-0.2, 0) is 4.74 Å². The molecule has 1 aliphatic heterocycles. The predicted molar refractivity (Wildman–Crippen MR) is 45.5 cm³/mol. The van der Waals surface area contributed by atoms with E-state index < -0.39 is 0 Å². The largest absolute Gasteiger partial charge is 0.372 e. The van der Waals surface area contributed by atoms with Gasteiger partial charge in [0.2, 0.25) is 0 Å². The lowest BCUT2D eigenvalue weighted by Gasteiger charge is -2.32. The first-order chi connectivity index (χ1) is 5.22. The molecule has 1 nitrogen and oxygen atoms in total. The van der Waals surface area contributed by atoms with Crippen molar-refractivity contribution in [1.82, 2.24) is 0 Å². The molecule has 0 radical (unpaired) electrons. The highest BCUT2D eigenvalue weighted by Crippen LogP contribution is 2.48. The molecule has 1 heteroatoms. The summed E-state index contributed by atoms with van der Waals surface area (Å²) < 4.78 is 6.05. The number of hydrogen-bond acceptors (Lipinski definition) is 1. The highest BCUT2D eigenvalue weighted by molar-refractivity contribution is 4.98. The Bertz CT molecular complexity index is 147. The summed E-state index contributed by atoms with van der Waals surface area (Å²) in [6.45, 7) is 4.54. The zero-order valence-corrected chi connectivity index (χ0v) is 7.60. The van der Waals surface area contributed by atoms with Gasteiger partial charge in [-0.15, -0.1) is 0 Å². The summed E-state index contributed by atoms with van der Waals surface area (Å²) in [7, 11) is 0. The van der Waals surface area contributed by atoms with Gasteiger partial charge < -0.3 is 4.74 Å². The van der Waals surface area contributed by atoms with Crippen molar-refractivity contribution >= 4 is 0 Å². The molecule has 1 atom stereocenters. The smallest absolute Gasteiger partial charge is 0.0688 e. The molecule has 2 rings (SSSR count). The number of ether oxygens (including phenoxy) is 1. The van der Waals surface area contributed by atoms with Crippen LogP contribution in [0.15, 0.2) is 0 Å². The Morgan fingerprint density at radius 3 is 2.55 bits per heavy atom. The summed E-state index contributed by atoms with van der Waals surface area (Å²) in [5, 5.41) is 0. The summed E-state index contributed by atoms with van der Waals surface area (Å²) in [4.78, 5) is 0. The van der Waals surface area contributed by atoms with Gasteiger partial charge in [0.1, 0.15) is 0 Å². The molecule has 0 amide bonds. The van der Waals surface area contributed by atoms with Crippen LogP contribution < -0.4 is 0 Å². The Balaban J connectivity index is 1.93. The first kappa shape index (κ1) is 7.60. The molecular formula is C10H18O.